The van der Waals surface area contributed by atoms with Gasteiger partial charge in [-0.05, 0) is 49.4 Å². The van der Waals surface area contributed by atoms with Gasteiger partial charge in [-0.15, -0.1) is 0 Å². The second-order valence-corrected chi connectivity index (χ2v) is 9.64. The van der Waals surface area contributed by atoms with E-state index in [1.165, 1.54) is 16.9 Å². The third-order valence-electron chi connectivity index (χ3n) is 7.32. The topological polar surface area (TPSA) is 93.2 Å². The molecular weight excluding hydrogens is 448 g/mol. The van der Waals surface area contributed by atoms with Gasteiger partial charge in [0.1, 0.15) is 11.5 Å². The lowest BCUT2D eigenvalue weighted by molar-refractivity contribution is -0.139. The first-order chi connectivity index (χ1) is 16.9. The summed E-state index contributed by atoms with van der Waals surface area (Å²) in [4.78, 5) is 54.4. The molecule has 8 nitrogen and oxygen atoms in total. The first-order valence-corrected chi connectivity index (χ1v) is 12.0. The number of methoxy groups -OCH3 is 1. The van der Waals surface area contributed by atoms with E-state index >= 15 is 0 Å². The van der Waals surface area contributed by atoms with E-state index in [1.54, 1.807) is 42.5 Å². The molecule has 2 saturated heterocycles. The number of fused-ring (bicyclic) bond motifs is 1. The lowest BCUT2D eigenvalue weighted by atomic mass is 9.76. The average molecular weight is 477 g/mol. The molecule has 0 bridgehead atoms. The molecule has 2 aromatic rings. The smallest absolute Gasteiger partial charge is 0.316 e. The maximum atomic E-state index is 13.0. The fourth-order valence-corrected chi connectivity index (χ4v) is 5.48. The molecule has 2 aromatic carbocycles. The highest BCUT2D eigenvalue weighted by Gasteiger charge is 2.50. The molecule has 5 rings (SSSR count). The molecule has 182 valence electrons. The van der Waals surface area contributed by atoms with Gasteiger partial charge in [-0.3, -0.25) is 19.2 Å². The molecule has 1 aliphatic carbocycles. The number of amides is 3. The molecule has 2 aliphatic heterocycles. The molecule has 35 heavy (non-hydrogen) atoms. The van der Waals surface area contributed by atoms with Crippen molar-refractivity contribution in [3.63, 3.8) is 0 Å². The van der Waals surface area contributed by atoms with Crippen molar-refractivity contribution in [1.29, 1.82) is 0 Å². The van der Waals surface area contributed by atoms with Crippen LogP contribution in [0.5, 0.6) is 11.5 Å². The predicted octanol–water partition coefficient (Wildman–Crippen LogP) is 3.58. The Morgan fingerprint density at radius 3 is 2.54 bits per heavy atom. The Morgan fingerprint density at radius 2 is 1.74 bits per heavy atom. The van der Waals surface area contributed by atoms with E-state index in [4.69, 9.17) is 9.47 Å². The minimum atomic E-state index is -0.643. The summed E-state index contributed by atoms with van der Waals surface area (Å²) in [5.41, 5.74) is 1.02. The van der Waals surface area contributed by atoms with Crippen LogP contribution in [0.2, 0.25) is 0 Å². The number of para-hydroxylation sites is 2. The fourth-order valence-electron chi connectivity index (χ4n) is 5.48. The standard InChI is InChI=1S/C27H28N2O6/c1-16-10-11-20-21(12-16)26(32)29(25(20)31)18-6-5-7-19(14-18)35-27(33)17-13-24(30)28(15-17)22-8-3-4-9-23(22)34-2/h3-9,14,16-17,20-21H,10-13,15H2,1-2H3/t16-,17-,20-,21+/m1/s1. The van der Waals surface area contributed by atoms with Gasteiger partial charge in [0.05, 0.1) is 36.2 Å². The maximum absolute atomic E-state index is 13.0. The number of benzene rings is 2. The van der Waals surface area contributed by atoms with Crippen LogP contribution >= 0.6 is 0 Å². The number of rotatable bonds is 5. The SMILES string of the molecule is COc1ccccc1N1C[C@H](C(=O)Oc2cccc(N3C(=O)[C@H]4C[C@H](C)CC[C@H]4C3=O)c2)CC1=O. The first kappa shape index (κ1) is 23.1. The number of esters is 1. The highest BCUT2D eigenvalue weighted by atomic mass is 16.5. The summed E-state index contributed by atoms with van der Waals surface area (Å²) in [5.74, 6) is -1.05. The molecule has 3 amide bonds. The number of hydrogen-bond acceptors (Lipinski definition) is 6. The minimum absolute atomic E-state index is 0.0290. The van der Waals surface area contributed by atoms with Crippen molar-refractivity contribution in [2.45, 2.75) is 32.6 Å². The quantitative estimate of drug-likeness (QED) is 0.372. The van der Waals surface area contributed by atoms with Crippen molar-refractivity contribution in [1.82, 2.24) is 0 Å². The Morgan fingerprint density at radius 1 is 0.971 bits per heavy atom. The summed E-state index contributed by atoms with van der Waals surface area (Å²) in [6.45, 7) is 2.29. The summed E-state index contributed by atoms with van der Waals surface area (Å²) in [6, 6.07) is 13.6. The van der Waals surface area contributed by atoms with Crippen molar-refractivity contribution in [3.8, 4) is 11.5 Å². The van der Waals surface area contributed by atoms with Crippen LogP contribution in [0, 0.1) is 23.7 Å². The molecule has 3 fully saturated rings. The normalized spacial score (nSPS) is 26.2. The first-order valence-electron chi connectivity index (χ1n) is 12.0. The van der Waals surface area contributed by atoms with Crippen LogP contribution in [0.4, 0.5) is 11.4 Å². The predicted molar refractivity (Wildman–Crippen MR) is 128 cm³/mol. The minimum Gasteiger partial charge on any atom is -0.495 e. The van der Waals surface area contributed by atoms with Gasteiger partial charge < -0.3 is 14.4 Å². The van der Waals surface area contributed by atoms with Crippen molar-refractivity contribution >= 4 is 35.1 Å². The van der Waals surface area contributed by atoms with Gasteiger partial charge in [-0.2, -0.15) is 0 Å². The van der Waals surface area contributed by atoms with Gasteiger partial charge in [-0.25, -0.2) is 4.90 Å². The second-order valence-electron chi connectivity index (χ2n) is 9.64. The molecule has 0 radical (unpaired) electrons. The van der Waals surface area contributed by atoms with Gasteiger partial charge >= 0.3 is 5.97 Å². The van der Waals surface area contributed by atoms with Crippen LogP contribution in [0.15, 0.2) is 48.5 Å². The molecular formula is C27H28N2O6. The van der Waals surface area contributed by atoms with Crippen molar-refractivity contribution in [3.05, 3.63) is 48.5 Å². The van der Waals surface area contributed by atoms with Crippen LogP contribution in [-0.4, -0.2) is 37.3 Å². The molecule has 3 aliphatic rings. The fraction of sp³-hybridized carbons (Fsp3) is 0.407. The van der Waals surface area contributed by atoms with E-state index in [0.717, 1.165) is 19.3 Å². The Hall–Kier alpha value is -3.68. The van der Waals surface area contributed by atoms with Crippen molar-refractivity contribution < 1.29 is 28.7 Å². The number of hydrogen-bond donors (Lipinski definition) is 0. The van der Waals surface area contributed by atoms with Gasteiger partial charge in [0, 0.05) is 19.0 Å². The summed E-state index contributed by atoms with van der Waals surface area (Å²) in [6.07, 6.45) is 2.41. The van der Waals surface area contributed by atoms with Gasteiger partial charge in [0.15, 0.2) is 0 Å². The molecule has 8 heteroatoms. The average Bonchev–Trinajstić information content (AvgIpc) is 3.36. The van der Waals surface area contributed by atoms with Crippen LogP contribution in [0.3, 0.4) is 0 Å². The van der Waals surface area contributed by atoms with E-state index in [1.807, 2.05) is 6.07 Å². The highest BCUT2D eigenvalue weighted by Crippen LogP contribution is 2.42. The zero-order valence-corrected chi connectivity index (χ0v) is 19.8. The molecule has 0 aromatic heterocycles. The highest BCUT2D eigenvalue weighted by molar-refractivity contribution is 6.22. The van der Waals surface area contributed by atoms with E-state index in [-0.39, 0.29) is 48.3 Å². The zero-order valence-electron chi connectivity index (χ0n) is 19.8. The summed E-state index contributed by atoms with van der Waals surface area (Å²) in [5, 5.41) is 0. The Kier molecular flexibility index (Phi) is 6.05. The number of imide groups is 1. The van der Waals surface area contributed by atoms with E-state index < -0.39 is 11.9 Å². The number of carbonyl (C=O) groups is 4. The third-order valence-corrected chi connectivity index (χ3v) is 7.32. The van der Waals surface area contributed by atoms with E-state index in [0.29, 0.717) is 23.0 Å². The van der Waals surface area contributed by atoms with E-state index in [2.05, 4.69) is 6.92 Å². The molecule has 0 spiro atoms. The lowest BCUT2D eigenvalue weighted by Crippen LogP contribution is -2.31. The molecule has 1 saturated carbocycles. The Balaban J connectivity index is 1.30. The number of anilines is 2. The number of carbonyl (C=O) groups excluding carboxylic acids is 4. The van der Waals surface area contributed by atoms with Crippen LogP contribution in [0.1, 0.15) is 32.6 Å². The van der Waals surface area contributed by atoms with Crippen LogP contribution in [0.25, 0.3) is 0 Å². The lowest BCUT2D eigenvalue weighted by Gasteiger charge is -2.25. The van der Waals surface area contributed by atoms with Crippen molar-refractivity contribution in [2.75, 3.05) is 23.5 Å². The Bertz CT molecular complexity index is 1190. The molecule has 0 N–H and O–H groups in total. The van der Waals surface area contributed by atoms with Crippen LogP contribution < -0.4 is 19.3 Å². The van der Waals surface area contributed by atoms with Crippen LogP contribution in [-0.2, 0) is 19.2 Å². The number of ether oxygens (including phenoxy) is 2. The second kappa shape index (κ2) is 9.17. The molecule has 4 atom stereocenters. The Labute approximate surface area is 203 Å². The summed E-state index contributed by atoms with van der Waals surface area (Å²) < 4.78 is 10.9. The third kappa shape index (κ3) is 4.17. The largest absolute Gasteiger partial charge is 0.495 e. The summed E-state index contributed by atoms with van der Waals surface area (Å²) >= 11 is 0. The van der Waals surface area contributed by atoms with Gasteiger partial charge in [0.25, 0.3) is 0 Å². The van der Waals surface area contributed by atoms with Gasteiger partial charge in [-0.1, -0.05) is 25.1 Å². The maximum Gasteiger partial charge on any atom is 0.316 e. The molecule has 0 unspecified atom stereocenters. The monoisotopic (exact) mass is 476 g/mol. The van der Waals surface area contributed by atoms with Gasteiger partial charge in [0.2, 0.25) is 17.7 Å². The molecule has 2 heterocycles. The number of nitrogens with zero attached hydrogens (tertiary/aromatic N) is 2. The summed E-state index contributed by atoms with van der Waals surface area (Å²) in [7, 11) is 1.53. The van der Waals surface area contributed by atoms with E-state index in [9.17, 15) is 19.2 Å². The van der Waals surface area contributed by atoms with Crippen molar-refractivity contribution in [2.24, 2.45) is 23.7 Å². The zero-order chi connectivity index (χ0) is 24.7.